The van der Waals surface area contributed by atoms with E-state index in [0.717, 1.165) is 7.11 Å². The smallest absolute Gasteiger partial charge is 0.467 e. The molecule has 0 unspecified atom stereocenters. The Hall–Kier alpha value is -3.36. The number of hydrogen-bond donors (Lipinski definition) is 1. The molecule has 0 saturated carbocycles. The second kappa shape index (κ2) is 9.72. The minimum absolute atomic E-state index is 0.0194. The minimum atomic E-state index is -5.28. The van der Waals surface area contributed by atoms with Crippen molar-refractivity contribution in [3.63, 3.8) is 0 Å². The number of carbonyl (C=O) groups excluding carboxylic acids is 3. The lowest BCUT2D eigenvalue weighted by molar-refractivity contribution is -0.205. The van der Waals surface area contributed by atoms with Gasteiger partial charge in [-0.15, -0.1) is 0 Å². The van der Waals surface area contributed by atoms with Crippen molar-refractivity contribution in [2.24, 2.45) is 0 Å². The fourth-order valence-corrected chi connectivity index (χ4v) is 2.51. The molecule has 0 aromatic heterocycles. The molecule has 6 nitrogen and oxygen atoms in total. The molecule has 1 N–H and O–H groups in total. The largest absolute Gasteiger partial charge is 0.490 e. The molecule has 29 heavy (non-hydrogen) atoms. The molecule has 0 aliphatic heterocycles. The molecule has 9 heteroatoms. The van der Waals surface area contributed by atoms with E-state index in [4.69, 9.17) is 0 Å². The van der Waals surface area contributed by atoms with E-state index in [1.54, 1.807) is 36.4 Å². The summed E-state index contributed by atoms with van der Waals surface area (Å²) in [6.45, 7) is 0. The van der Waals surface area contributed by atoms with Crippen LogP contribution in [0.4, 0.5) is 13.2 Å². The molecule has 2 atom stereocenters. The zero-order valence-corrected chi connectivity index (χ0v) is 15.3. The van der Waals surface area contributed by atoms with E-state index < -0.39 is 36.2 Å². The molecule has 0 aliphatic rings. The molecule has 2 aromatic carbocycles. The Labute approximate surface area is 164 Å². The fourth-order valence-electron chi connectivity index (χ4n) is 2.51. The maximum Gasteiger partial charge on any atom is 0.490 e. The van der Waals surface area contributed by atoms with Crippen LogP contribution >= 0.6 is 0 Å². The number of nitrogens with one attached hydrogen (secondary N) is 1. The molecule has 0 fully saturated rings. The van der Waals surface area contributed by atoms with Crippen LogP contribution in [0, 0.1) is 0 Å². The lowest BCUT2D eigenvalue weighted by Gasteiger charge is -2.22. The van der Waals surface area contributed by atoms with Crippen LogP contribution in [0.1, 0.15) is 17.2 Å². The zero-order valence-electron chi connectivity index (χ0n) is 15.3. The Balaban J connectivity index is 2.25. The van der Waals surface area contributed by atoms with Crippen LogP contribution in [0.2, 0.25) is 0 Å². The SMILES string of the molecule is COC(=O)[C@H](Cc1ccccc1)NC(=O)[C@@H](OC(=O)C(F)(F)F)c1ccccc1. The number of hydrogen-bond acceptors (Lipinski definition) is 5. The molecule has 0 bridgehead atoms. The first kappa shape index (κ1) is 21.9. The number of esters is 2. The van der Waals surface area contributed by atoms with Crippen molar-refractivity contribution in [1.82, 2.24) is 5.32 Å². The van der Waals surface area contributed by atoms with Crippen molar-refractivity contribution >= 4 is 17.8 Å². The summed E-state index contributed by atoms with van der Waals surface area (Å²) in [7, 11) is 1.12. The van der Waals surface area contributed by atoms with E-state index in [2.05, 4.69) is 14.8 Å². The standard InChI is InChI=1S/C20H18F3NO5/c1-28-18(26)15(12-13-8-4-2-5-9-13)24-17(25)16(14-10-6-3-7-11-14)29-19(27)20(21,22)23/h2-11,15-16H,12H2,1H3,(H,24,25)/t15-,16-/m0/s1. The molecule has 0 radical (unpaired) electrons. The average molecular weight is 409 g/mol. The van der Waals surface area contributed by atoms with Gasteiger partial charge in [-0.25, -0.2) is 9.59 Å². The van der Waals surface area contributed by atoms with Gasteiger partial charge in [0.15, 0.2) is 0 Å². The van der Waals surface area contributed by atoms with E-state index in [1.165, 1.54) is 24.3 Å². The molecule has 154 valence electrons. The number of benzene rings is 2. The summed E-state index contributed by atoms with van der Waals surface area (Å²) in [5, 5.41) is 2.31. The minimum Gasteiger partial charge on any atom is -0.467 e. The van der Waals surface area contributed by atoms with E-state index in [1.807, 2.05) is 0 Å². The maximum absolute atomic E-state index is 12.7. The average Bonchev–Trinajstić information content (AvgIpc) is 2.71. The first-order valence-corrected chi connectivity index (χ1v) is 8.47. The summed E-state index contributed by atoms with van der Waals surface area (Å²) in [4.78, 5) is 36.0. The monoisotopic (exact) mass is 409 g/mol. The fraction of sp³-hybridized carbons (Fsp3) is 0.250. The van der Waals surface area contributed by atoms with Gasteiger partial charge in [-0.05, 0) is 5.56 Å². The van der Waals surface area contributed by atoms with E-state index in [0.29, 0.717) is 5.56 Å². The van der Waals surface area contributed by atoms with Gasteiger partial charge in [-0.3, -0.25) is 4.79 Å². The topological polar surface area (TPSA) is 81.7 Å². The molecule has 0 spiro atoms. The van der Waals surface area contributed by atoms with Gasteiger partial charge in [0, 0.05) is 12.0 Å². The lowest BCUT2D eigenvalue weighted by Crippen LogP contribution is -2.46. The van der Waals surface area contributed by atoms with Crippen molar-refractivity contribution in [2.75, 3.05) is 7.11 Å². The Morgan fingerprint density at radius 3 is 2.03 bits per heavy atom. The van der Waals surface area contributed by atoms with Crippen molar-refractivity contribution in [1.29, 1.82) is 0 Å². The van der Waals surface area contributed by atoms with E-state index >= 15 is 0 Å². The van der Waals surface area contributed by atoms with Gasteiger partial charge < -0.3 is 14.8 Å². The number of amides is 1. The van der Waals surface area contributed by atoms with Crippen molar-refractivity contribution < 1.29 is 37.0 Å². The molecule has 2 aromatic rings. The summed E-state index contributed by atoms with van der Waals surface area (Å²) < 4.78 is 47.0. The summed E-state index contributed by atoms with van der Waals surface area (Å²) in [6, 6.07) is 14.6. The van der Waals surface area contributed by atoms with Gasteiger partial charge in [-0.1, -0.05) is 60.7 Å². The molecular weight excluding hydrogens is 391 g/mol. The lowest BCUT2D eigenvalue weighted by atomic mass is 10.0. The van der Waals surface area contributed by atoms with Crippen LogP contribution in [0.3, 0.4) is 0 Å². The van der Waals surface area contributed by atoms with Crippen molar-refractivity contribution in [3.8, 4) is 0 Å². The van der Waals surface area contributed by atoms with Gasteiger partial charge in [0.25, 0.3) is 5.91 Å². The summed E-state index contributed by atoms with van der Waals surface area (Å²) in [6.07, 6.45) is -7.14. The third kappa shape index (κ3) is 6.34. The summed E-state index contributed by atoms with van der Waals surface area (Å²) in [5.74, 6) is -4.39. The van der Waals surface area contributed by atoms with Gasteiger partial charge in [0.2, 0.25) is 6.10 Å². The molecule has 0 saturated heterocycles. The quantitative estimate of drug-likeness (QED) is 0.712. The highest BCUT2D eigenvalue weighted by molar-refractivity contribution is 5.90. The summed E-state index contributed by atoms with van der Waals surface area (Å²) >= 11 is 0. The van der Waals surface area contributed by atoms with Gasteiger partial charge in [-0.2, -0.15) is 13.2 Å². The van der Waals surface area contributed by atoms with Crippen LogP contribution in [-0.2, 0) is 30.3 Å². The number of ether oxygens (including phenoxy) is 2. The van der Waals surface area contributed by atoms with Gasteiger partial charge in [0.05, 0.1) is 7.11 Å². The molecule has 0 heterocycles. The first-order valence-electron chi connectivity index (χ1n) is 8.47. The first-order chi connectivity index (χ1) is 13.7. The third-order valence-electron chi connectivity index (χ3n) is 3.88. The highest BCUT2D eigenvalue weighted by Gasteiger charge is 2.44. The van der Waals surface area contributed by atoms with E-state index in [-0.39, 0.29) is 12.0 Å². The number of carbonyl (C=O) groups is 3. The van der Waals surface area contributed by atoms with E-state index in [9.17, 15) is 27.6 Å². The highest BCUT2D eigenvalue weighted by atomic mass is 19.4. The third-order valence-corrected chi connectivity index (χ3v) is 3.88. The van der Waals surface area contributed by atoms with Crippen LogP contribution in [0.25, 0.3) is 0 Å². The number of halogens is 3. The number of methoxy groups -OCH3 is 1. The van der Waals surface area contributed by atoms with Crippen LogP contribution in [0.5, 0.6) is 0 Å². The molecule has 2 rings (SSSR count). The predicted octanol–water partition coefficient (Wildman–Crippen LogP) is 2.73. The Bertz CT molecular complexity index is 840. The zero-order chi connectivity index (χ0) is 21.4. The second-order valence-electron chi connectivity index (χ2n) is 5.97. The number of alkyl halides is 3. The molecule has 1 amide bonds. The Kier molecular flexibility index (Phi) is 7.35. The van der Waals surface area contributed by atoms with Crippen LogP contribution in [0.15, 0.2) is 60.7 Å². The summed E-state index contributed by atoms with van der Waals surface area (Å²) in [5.41, 5.74) is 0.706. The Morgan fingerprint density at radius 1 is 0.966 bits per heavy atom. The Morgan fingerprint density at radius 2 is 1.52 bits per heavy atom. The number of rotatable bonds is 7. The molecular formula is C20H18F3NO5. The van der Waals surface area contributed by atoms with Crippen molar-refractivity contribution in [3.05, 3.63) is 71.8 Å². The maximum atomic E-state index is 12.7. The highest BCUT2D eigenvalue weighted by Crippen LogP contribution is 2.24. The second-order valence-corrected chi connectivity index (χ2v) is 5.97. The van der Waals surface area contributed by atoms with Crippen molar-refractivity contribution in [2.45, 2.75) is 24.7 Å². The van der Waals surface area contributed by atoms with Gasteiger partial charge in [0.1, 0.15) is 6.04 Å². The van der Waals surface area contributed by atoms with Crippen LogP contribution < -0.4 is 5.32 Å². The van der Waals surface area contributed by atoms with Crippen LogP contribution in [-0.4, -0.2) is 37.2 Å². The predicted molar refractivity (Wildman–Crippen MR) is 95.4 cm³/mol. The van der Waals surface area contributed by atoms with Gasteiger partial charge >= 0.3 is 18.1 Å². The molecule has 0 aliphatic carbocycles. The normalized spacial score (nSPS) is 13.1.